The predicted molar refractivity (Wildman–Crippen MR) is 444 cm³/mol. The van der Waals surface area contributed by atoms with Gasteiger partial charge in [0.2, 0.25) is 0 Å². The van der Waals surface area contributed by atoms with Crippen molar-refractivity contribution in [1.82, 2.24) is 5.48 Å². The number of ether oxygens (including phenoxy) is 26. The Hall–Kier alpha value is -5.61. The number of phenolic OH excluding ortho intramolecular Hbond substituents is 3. The maximum absolute atomic E-state index is 14.7. The number of carbonyl (C=O) groups is 3. The van der Waals surface area contributed by atoms with Gasteiger partial charge in [-0.15, -0.1) is 0 Å². The molecule has 2 unspecified atom stereocenters. The second-order valence-corrected chi connectivity index (χ2v) is 36.4. The number of aliphatic hydroxyl groups is 5. The van der Waals surface area contributed by atoms with Crippen LogP contribution in [0.15, 0.2) is 36.4 Å². The Morgan fingerprint density at radius 1 is 0.638 bits per heavy atom. The lowest BCUT2D eigenvalue weighted by atomic mass is 9.85. The van der Waals surface area contributed by atoms with Crippen molar-refractivity contribution in [2.24, 2.45) is 5.92 Å². The predicted octanol–water partition coefficient (Wildman–Crippen LogP) is 5.87. The van der Waals surface area contributed by atoms with Crippen molar-refractivity contribution in [2.75, 3.05) is 62.2 Å². The molecule has 0 bridgehead atoms. The number of carboxylic acids is 1. The number of halogens is 2. The van der Waals surface area contributed by atoms with Gasteiger partial charge >= 0.3 is 23.9 Å². The molecule has 130 heavy (non-hydrogen) atoms. The number of hydroxylamine groups is 1. The molecule has 0 amide bonds. The third-order valence-electron chi connectivity index (χ3n) is 26.3. The summed E-state index contributed by atoms with van der Waals surface area (Å²) in [7, 11) is 6.82. The number of methoxy groups -OCH3 is 5. The number of hydrogen-bond acceptors (Lipinski definition) is 39. The van der Waals surface area contributed by atoms with Crippen molar-refractivity contribution >= 4 is 47.2 Å². The Kier molecular flexibility index (Phi) is 31.9. The number of aliphatic carboxylic acids is 1. The Balaban J connectivity index is 0.628. The topological polar surface area (TPSA) is 495 Å². The maximum Gasteiger partial charge on any atom is 0.342 e. The number of carbonyl (C=O) groups excluding carboxylic acids is 2. The zero-order chi connectivity index (χ0) is 93.8. The number of benzene rings is 3. The molecule has 3 aromatic rings. The minimum atomic E-state index is -2.07. The molecule has 42 heteroatoms. The molecule has 40 nitrogen and oxygen atoms in total. The number of esters is 2. The molecule has 11 saturated heterocycles. The van der Waals surface area contributed by atoms with Gasteiger partial charge in [0.25, 0.3) is 5.97 Å². The van der Waals surface area contributed by atoms with Gasteiger partial charge in [-0.25, -0.2) is 9.59 Å². The molecule has 0 aromatic heterocycles. The lowest BCUT2D eigenvalue weighted by Crippen LogP contribution is -2.68. The number of aliphatic hydroxyl groups excluding tert-OH is 5. The van der Waals surface area contributed by atoms with Crippen LogP contribution < -0.4 is 10.2 Å². The van der Waals surface area contributed by atoms with Gasteiger partial charge in [-0.3, -0.25) is 9.63 Å². The summed E-state index contributed by atoms with van der Waals surface area (Å²) in [6.45, 7) is 19.9. The highest BCUT2D eigenvalue weighted by molar-refractivity contribution is 6.39. The molecule has 2 spiro atoms. The van der Waals surface area contributed by atoms with E-state index in [0.717, 1.165) is 35.6 Å². The minimum Gasteiger partial charge on any atom is -0.508 e. The molecule has 0 saturated carbocycles. The normalized spacial score (nSPS) is 41.3. The first-order valence-electron chi connectivity index (χ1n) is 43.8. The number of aryl methyl sites for hydroxylation is 2. The monoisotopic (exact) mass is 1890 g/mol. The fraction of sp³-hybridized carbons (Fsp3) is 0.739. The van der Waals surface area contributed by atoms with Crippen LogP contribution in [0.25, 0.3) is 6.08 Å². The van der Waals surface area contributed by atoms with Crippen LogP contribution in [0.4, 0.5) is 0 Å². The molecule has 11 aliphatic rings. The van der Waals surface area contributed by atoms with E-state index in [1.807, 2.05) is 39.0 Å². The van der Waals surface area contributed by atoms with Crippen LogP contribution >= 0.6 is 23.2 Å². The van der Waals surface area contributed by atoms with E-state index in [2.05, 4.69) is 19.3 Å². The molecular formula is C88H123Cl2NO39. The summed E-state index contributed by atoms with van der Waals surface area (Å²) in [6, 6.07) is 8.21. The van der Waals surface area contributed by atoms with Gasteiger partial charge < -0.3 is 169 Å². The largest absolute Gasteiger partial charge is 0.508 e. The second-order valence-electron chi connectivity index (χ2n) is 35.6. The smallest absolute Gasteiger partial charge is 0.342 e. The average Bonchev–Trinajstić information content (AvgIpc) is 1.56. The van der Waals surface area contributed by atoms with E-state index in [1.165, 1.54) is 48.4 Å². The van der Waals surface area contributed by atoms with Crippen molar-refractivity contribution in [3.05, 3.63) is 85.4 Å². The van der Waals surface area contributed by atoms with Crippen LogP contribution in [0.1, 0.15) is 162 Å². The molecule has 0 radical (unpaired) electrons. The Morgan fingerprint density at radius 2 is 1.35 bits per heavy atom. The molecule has 3 aromatic carbocycles. The Labute approximate surface area is 761 Å². The number of phenols is 3. The Bertz CT molecular complexity index is 4410. The number of fused-ring (bicyclic) bond motifs is 4. The summed E-state index contributed by atoms with van der Waals surface area (Å²) >= 11 is 13.1. The van der Waals surface area contributed by atoms with Gasteiger partial charge in [-0.05, 0) is 116 Å². The van der Waals surface area contributed by atoms with Crippen molar-refractivity contribution in [3.63, 3.8) is 0 Å². The van der Waals surface area contributed by atoms with Gasteiger partial charge in [0.1, 0.15) is 144 Å². The van der Waals surface area contributed by atoms with E-state index >= 15 is 0 Å². The second kappa shape index (κ2) is 41.4. The average molecular weight is 1890 g/mol. The zero-order valence-electron chi connectivity index (χ0n) is 75.4. The molecule has 11 aliphatic heterocycles. The molecule has 37 atom stereocenters. The molecule has 10 N–H and O–H groups in total. The van der Waals surface area contributed by atoms with Gasteiger partial charge in [0, 0.05) is 47.3 Å². The van der Waals surface area contributed by atoms with E-state index in [-0.39, 0.29) is 89.7 Å². The SMILES string of the molecule is CCC(C)CCC(ON[C@@]1(C)C[C@H](O[C@@H]2C[C@H](O[C@H]3[C@H](O)C[C@]4(O[C@@H]5[C@@H](C)O[C@@H](O[C@@H]6[C@@H](O)[C@H](O[C@H]7[C@H](O)[C@H](OC)[C@H](O[C@@H]8OC[C@@H]9O[C@@]%10(OC[C@@H](OC(=O)c%11c(C)cc(O)cc%11O)[C@@H]%11OCO[C@H]%11%10)O[C@H]9[C@H]8O)O[C@@H]7COC)O[C@H](C)[C@@H]6OC)[C@@H](O)[C@@]5(C)O4)O[C@@H]3C)O[C@H](C)[C@H]2OC(=O)c2c(C)c(Cl)c(O)c(Cl)c2OC)O[C@@H](C)[C@@H]1OC)c1cc(C)ccc1/C=C/CC(=O)O. The van der Waals surface area contributed by atoms with Crippen LogP contribution in [0.5, 0.6) is 23.0 Å². The quantitative estimate of drug-likeness (QED) is 0.0266. The molecule has 728 valence electrons. The first-order valence-corrected chi connectivity index (χ1v) is 44.5. The highest BCUT2D eigenvalue weighted by atomic mass is 35.5. The Morgan fingerprint density at radius 3 is 2.05 bits per heavy atom. The standard InChI is InChI=1S/C88H123Cl2NO39/c1-18-36(2)23-25-50(47-26-37(3)22-24-45(47)20-19-21-55(95)96)129-91-85(11)31-57(114-43(9)76(85)108-17)117-51-29-56(113-40(6)67(51)121-80(103)59-39(5)60(89)62(97)61(90)72(59)106-15)120-66-42(8)125-87(30-49(66)94)128-77-44(10)116-84(75(101)86(77,12)130-87)123-73-65(100)82(115-41(7)68(73)105-14)122-69-52(32-104-13)119-83(74(107-16)63(69)98)124-81-64(99)70-54(33-109-81)126-88(127-70)78-71(110-35-111-78)53(34-112-88)118-79(102)58-38(4)27-46(92)28-48(58)93/h19-20,22,24,26-28,36,40-44,49-54,56-57,63-71,73-78,81-84,91-94,97-101H,18,21,23,25,29-35H2,1-17H3,(H,95,96)/b20-19+/t36?,40-,41-,42-,43+,44-,49-,50?,51-,52-,53-,54+,56+,57+,63+,64-,65-,66-,67-,68+,69-,70-,71+,73-,74+,75-,76+,77-,78-,81+,82+,83+,84+,85+,86-,87-,88-/m1/s1. The fourth-order valence-corrected chi connectivity index (χ4v) is 20.0. The lowest BCUT2D eigenvalue weighted by Gasteiger charge is -2.50. The highest BCUT2D eigenvalue weighted by Crippen LogP contribution is 2.53. The van der Waals surface area contributed by atoms with Crippen molar-refractivity contribution in [1.29, 1.82) is 0 Å². The summed E-state index contributed by atoms with van der Waals surface area (Å²) in [5, 5.41) is 102. The summed E-state index contributed by atoms with van der Waals surface area (Å²) in [4.78, 5) is 46.6. The molecule has 11 heterocycles. The zero-order valence-corrected chi connectivity index (χ0v) is 76.9. The summed E-state index contributed by atoms with van der Waals surface area (Å²) in [6.07, 6.45) is -34.6. The van der Waals surface area contributed by atoms with Gasteiger partial charge in [0.05, 0.1) is 87.0 Å². The maximum atomic E-state index is 14.7. The number of nitrogens with one attached hydrogen (secondary N) is 1. The summed E-state index contributed by atoms with van der Waals surface area (Å²) < 4.78 is 163. The first kappa shape index (κ1) is 100. The number of aromatic hydroxyl groups is 3. The summed E-state index contributed by atoms with van der Waals surface area (Å²) in [5.41, 5.74) is 3.16. The van der Waals surface area contributed by atoms with Crippen molar-refractivity contribution in [2.45, 2.75) is 348 Å². The third kappa shape index (κ3) is 20.3. The lowest BCUT2D eigenvalue weighted by molar-refractivity contribution is -0.415. The van der Waals surface area contributed by atoms with Gasteiger partial charge in [-0.1, -0.05) is 79.4 Å². The van der Waals surface area contributed by atoms with E-state index in [0.29, 0.717) is 12.3 Å². The van der Waals surface area contributed by atoms with Crippen molar-refractivity contribution in [3.8, 4) is 23.0 Å². The van der Waals surface area contributed by atoms with Crippen LogP contribution in [-0.2, 0) is 128 Å². The van der Waals surface area contributed by atoms with Gasteiger partial charge in [-0.2, -0.15) is 5.48 Å². The molecular weight excluding hydrogens is 1770 g/mol. The minimum absolute atomic E-state index is 0.0722. The van der Waals surface area contributed by atoms with E-state index in [9.17, 15) is 60.3 Å². The summed E-state index contributed by atoms with van der Waals surface area (Å²) in [5.74, 6) is -8.07. The van der Waals surface area contributed by atoms with E-state index < -0.39 is 255 Å². The number of carboxylic acid groups (broad SMARTS) is 1. The third-order valence-corrected chi connectivity index (χ3v) is 27.1. The molecule has 14 rings (SSSR count). The van der Waals surface area contributed by atoms with Crippen molar-refractivity contribution < 1.29 is 188 Å². The van der Waals surface area contributed by atoms with E-state index in [1.54, 1.807) is 53.9 Å². The highest BCUT2D eigenvalue weighted by Gasteiger charge is 2.70. The van der Waals surface area contributed by atoms with Crippen LogP contribution in [-0.4, -0.2) is 339 Å². The molecule has 0 aliphatic carbocycles. The number of rotatable bonds is 31. The van der Waals surface area contributed by atoms with Gasteiger partial charge in [0.15, 0.2) is 67.6 Å². The fourth-order valence-electron chi connectivity index (χ4n) is 19.5. The first-order chi connectivity index (χ1) is 61.7. The molecule has 11 fully saturated rings. The number of hydrogen-bond donors (Lipinski definition) is 10. The van der Waals surface area contributed by atoms with Crippen LogP contribution in [0, 0.1) is 26.7 Å². The van der Waals surface area contributed by atoms with Crippen LogP contribution in [0.3, 0.4) is 0 Å². The van der Waals surface area contributed by atoms with Crippen LogP contribution in [0.2, 0.25) is 10.0 Å². The van der Waals surface area contributed by atoms with E-state index in [4.69, 9.17) is 151 Å².